The van der Waals surface area contributed by atoms with Crippen molar-refractivity contribution in [1.82, 2.24) is 5.32 Å². The third-order valence-electron chi connectivity index (χ3n) is 5.59. The third kappa shape index (κ3) is 5.69. The van der Waals surface area contributed by atoms with Gasteiger partial charge in [-0.15, -0.1) is 6.58 Å². The summed E-state index contributed by atoms with van der Waals surface area (Å²) in [6.07, 6.45) is 8.51. The van der Waals surface area contributed by atoms with E-state index in [4.69, 9.17) is 4.74 Å². The zero-order chi connectivity index (χ0) is 22.2. The molecule has 0 atom stereocenters. The second kappa shape index (κ2) is 10.7. The molecule has 1 heterocycles. The van der Waals surface area contributed by atoms with E-state index in [2.05, 4.69) is 31.0 Å². The van der Waals surface area contributed by atoms with E-state index in [-0.39, 0.29) is 18.6 Å². The number of allylic oxidation sites excluding steroid dienone is 1. The van der Waals surface area contributed by atoms with Crippen molar-refractivity contribution in [3.05, 3.63) is 82.4 Å². The van der Waals surface area contributed by atoms with Gasteiger partial charge in [-0.25, -0.2) is 0 Å². The Balaban J connectivity index is 1.56. The van der Waals surface area contributed by atoms with Crippen molar-refractivity contribution in [2.24, 2.45) is 0 Å². The van der Waals surface area contributed by atoms with E-state index in [9.17, 15) is 14.4 Å². The number of hydrogen-bond donors (Lipinski definition) is 1. The SMILES string of the molecule is C=CCCCCCc1ccc(COC(=O)Cc2cccc3c2C(=O)NC3=O)cc1CC. The van der Waals surface area contributed by atoms with Gasteiger partial charge in [-0.1, -0.05) is 49.8 Å². The van der Waals surface area contributed by atoms with Gasteiger partial charge in [-0.2, -0.15) is 0 Å². The molecular formula is C26H29NO4. The molecule has 0 aromatic heterocycles. The van der Waals surface area contributed by atoms with Crippen LogP contribution in [0.15, 0.2) is 49.1 Å². The first kappa shape index (κ1) is 22.5. The monoisotopic (exact) mass is 419 g/mol. The Morgan fingerprint density at radius 1 is 1.03 bits per heavy atom. The molecule has 0 radical (unpaired) electrons. The quantitative estimate of drug-likeness (QED) is 0.248. The first-order valence-corrected chi connectivity index (χ1v) is 10.9. The highest BCUT2D eigenvalue weighted by atomic mass is 16.5. The maximum absolute atomic E-state index is 12.4. The van der Waals surface area contributed by atoms with Crippen LogP contribution in [0.5, 0.6) is 0 Å². The predicted octanol–water partition coefficient (Wildman–Crippen LogP) is 4.71. The maximum Gasteiger partial charge on any atom is 0.310 e. The molecule has 5 heteroatoms. The van der Waals surface area contributed by atoms with Crippen LogP contribution in [-0.4, -0.2) is 17.8 Å². The normalized spacial score (nSPS) is 12.4. The summed E-state index contributed by atoms with van der Waals surface area (Å²) in [6.45, 7) is 6.08. The van der Waals surface area contributed by atoms with Crippen LogP contribution in [-0.2, 0) is 35.4 Å². The zero-order valence-corrected chi connectivity index (χ0v) is 18.0. The number of aryl methyl sites for hydroxylation is 2. The van der Waals surface area contributed by atoms with Gasteiger partial charge in [0.15, 0.2) is 0 Å². The molecule has 2 aromatic rings. The Kier molecular flexibility index (Phi) is 7.76. The summed E-state index contributed by atoms with van der Waals surface area (Å²) in [5.74, 6) is -1.32. The summed E-state index contributed by atoms with van der Waals surface area (Å²) in [6, 6.07) is 11.2. The number of nitrogens with one attached hydrogen (secondary N) is 1. The molecule has 0 saturated heterocycles. The molecule has 2 amide bonds. The Hall–Kier alpha value is -3.21. The van der Waals surface area contributed by atoms with Crippen molar-refractivity contribution in [3.8, 4) is 0 Å². The number of carbonyl (C=O) groups is 3. The number of carbonyl (C=O) groups excluding carboxylic acids is 3. The molecule has 1 aliphatic heterocycles. The standard InChI is InChI=1S/C26H29NO4/c1-3-5-6-7-8-10-20-14-13-18(15-19(20)4-2)17-31-23(28)16-21-11-9-12-22-24(21)26(30)27-25(22)29/h3,9,11-15H,1,4-8,10,16-17H2,2H3,(H,27,29,30). The number of ether oxygens (including phenoxy) is 1. The van der Waals surface area contributed by atoms with Crippen molar-refractivity contribution in [1.29, 1.82) is 0 Å². The van der Waals surface area contributed by atoms with Gasteiger partial charge in [0.25, 0.3) is 11.8 Å². The lowest BCUT2D eigenvalue weighted by Gasteiger charge is -2.12. The van der Waals surface area contributed by atoms with E-state index in [1.165, 1.54) is 24.0 Å². The summed E-state index contributed by atoms with van der Waals surface area (Å²) < 4.78 is 5.45. The molecule has 0 aliphatic carbocycles. The number of rotatable bonds is 11. The highest BCUT2D eigenvalue weighted by molar-refractivity contribution is 6.22. The van der Waals surface area contributed by atoms with Crippen LogP contribution in [0.1, 0.15) is 75.6 Å². The van der Waals surface area contributed by atoms with Gasteiger partial charge >= 0.3 is 5.97 Å². The van der Waals surface area contributed by atoms with E-state index in [0.717, 1.165) is 31.2 Å². The van der Waals surface area contributed by atoms with E-state index < -0.39 is 17.8 Å². The number of fused-ring (bicyclic) bond motifs is 1. The molecule has 3 rings (SSSR count). The minimum Gasteiger partial charge on any atom is -0.461 e. The topological polar surface area (TPSA) is 72.5 Å². The van der Waals surface area contributed by atoms with Crippen molar-refractivity contribution in [2.75, 3.05) is 0 Å². The Morgan fingerprint density at radius 2 is 1.87 bits per heavy atom. The van der Waals surface area contributed by atoms with E-state index >= 15 is 0 Å². The van der Waals surface area contributed by atoms with Crippen LogP contribution in [0.3, 0.4) is 0 Å². The van der Waals surface area contributed by atoms with Gasteiger partial charge < -0.3 is 4.74 Å². The number of amides is 2. The Morgan fingerprint density at radius 3 is 2.65 bits per heavy atom. The molecule has 0 unspecified atom stereocenters. The average molecular weight is 420 g/mol. The second-order valence-electron chi connectivity index (χ2n) is 7.81. The molecule has 0 fully saturated rings. The van der Waals surface area contributed by atoms with Gasteiger partial charge in [0, 0.05) is 0 Å². The van der Waals surface area contributed by atoms with Crippen LogP contribution >= 0.6 is 0 Å². The summed E-state index contributed by atoms with van der Waals surface area (Å²) in [4.78, 5) is 36.1. The van der Waals surface area contributed by atoms with Crippen molar-refractivity contribution in [3.63, 3.8) is 0 Å². The lowest BCUT2D eigenvalue weighted by molar-refractivity contribution is -0.144. The van der Waals surface area contributed by atoms with Crippen molar-refractivity contribution >= 4 is 17.8 Å². The molecule has 1 N–H and O–H groups in total. The fraction of sp³-hybridized carbons (Fsp3) is 0.346. The number of imide groups is 1. The fourth-order valence-electron chi connectivity index (χ4n) is 3.93. The van der Waals surface area contributed by atoms with Crippen molar-refractivity contribution < 1.29 is 19.1 Å². The Labute approximate surface area is 183 Å². The van der Waals surface area contributed by atoms with Gasteiger partial charge in [0.1, 0.15) is 6.61 Å². The smallest absolute Gasteiger partial charge is 0.310 e. The number of unbranched alkanes of at least 4 members (excludes halogenated alkanes) is 3. The highest BCUT2D eigenvalue weighted by Crippen LogP contribution is 2.21. The van der Waals surface area contributed by atoms with E-state index in [0.29, 0.717) is 11.1 Å². The molecule has 31 heavy (non-hydrogen) atoms. The average Bonchev–Trinajstić information content (AvgIpc) is 3.07. The first-order chi connectivity index (χ1) is 15.0. The number of benzene rings is 2. The Bertz CT molecular complexity index is 993. The summed E-state index contributed by atoms with van der Waals surface area (Å²) in [5.41, 5.74) is 4.68. The lowest BCUT2D eigenvalue weighted by Crippen LogP contribution is -2.20. The number of hydrogen-bond acceptors (Lipinski definition) is 4. The molecule has 0 spiro atoms. The molecule has 0 saturated carbocycles. The second-order valence-corrected chi connectivity index (χ2v) is 7.81. The van der Waals surface area contributed by atoms with Crippen LogP contribution in [0.4, 0.5) is 0 Å². The lowest BCUT2D eigenvalue weighted by atomic mass is 9.97. The minimum absolute atomic E-state index is 0.0483. The van der Waals surface area contributed by atoms with Crippen LogP contribution < -0.4 is 5.32 Å². The van der Waals surface area contributed by atoms with Crippen LogP contribution in [0.25, 0.3) is 0 Å². The molecular weight excluding hydrogens is 390 g/mol. The van der Waals surface area contributed by atoms with Gasteiger partial charge in [-0.3, -0.25) is 19.7 Å². The number of esters is 1. The van der Waals surface area contributed by atoms with Gasteiger partial charge in [0.2, 0.25) is 0 Å². The maximum atomic E-state index is 12.4. The third-order valence-corrected chi connectivity index (χ3v) is 5.59. The molecule has 1 aliphatic rings. The van der Waals surface area contributed by atoms with Crippen LogP contribution in [0.2, 0.25) is 0 Å². The minimum atomic E-state index is -0.462. The van der Waals surface area contributed by atoms with E-state index in [1.807, 2.05) is 12.1 Å². The summed E-state index contributed by atoms with van der Waals surface area (Å²) in [5, 5.41) is 2.26. The van der Waals surface area contributed by atoms with Crippen molar-refractivity contribution in [2.45, 2.75) is 58.5 Å². The molecule has 0 bridgehead atoms. The first-order valence-electron chi connectivity index (χ1n) is 10.9. The van der Waals surface area contributed by atoms with E-state index in [1.54, 1.807) is 18.2 Å². The van der Waals surface area contributed by atoms with Gasteiger partial charge in [-0.05, 0) is 60.4 Å². The fourth-order valence-corrected chi connectivity index (χ4v) is 3.93. The van der Waals surface area contributed by atoms with Crippen LogP contribution in [0, 0.1) is 0 Å². The predicted molar refractivity (Wildman–Crippen MR) is 120 cm³/mol. The molecule has 2 aromatic carbocycles. The summed E-state index contributed by atoms with van der Waals surface area (Å²) >= 11 is 0. The van der Waals surface area contributed by atoms with Gasteiger partial charge in [0.05, 0.1) is 17.5 Å². The molecule has 5 nitrogen and oxygen atoms in total. The summed E-state index contributed by atoms with van der Waals surface area (Å²) in [7, 11) is 0. The molecule has 162 valence electrons. The largest absolute Gasteiger partial charge is 0.461 e. The zero-order valence-electron chi connectivity index (χ0n) is 18.0. The highest BCUT2D eigenvalue weighted by Gasteiger charge is 2.29.